The molecule has 0 bridgehead atoms. The van der Waals surface area contributed by atoms with Gasteiger partial charge in [0.25, 0.3) is 0 Å². The maximum Gasteiger partial charge on any atom is 0.232 e. The molecule has 4 aromatic rings. The highest BCUT2D eigenvalue weighted by molar-refractivity contribution is 5.86. The second-order valence-electron chi connectivity index (χ2n) is 5.41. The summed E-state index contributed by atoms with van der Waals surface area (Å²) in [6.45, 7) is 0.226. The molecule has 0 saturated heterocycles. The summed E-state index contributed by atoms with van der Waals surface area (Å²) < 4.78 is 10.7. The van der Waals surface area contributed by atoms with Gasteiger partial charge in [-0.1, -0.05) is 0 Å². The predicted octanol–water partition coefficient (Wildman–Crippen LogP) is 2.36. The highest BCUT2D eigenvalue weighted by Gasteiger charge is 2.15. The Labute approximate surface area is 146 Å². The predicted molar refractivity (Wildman–Crippen MR) is 92.8 cm³/mol. The fourth-order valence-corrected chi connectivity index (χ4v) is 2.57. The lowest BCUT2D eigenvalue weighted by atomic mass is 10.2. The van der Waals surface area contributed by atoms with Crippen LogP contribution in [0.1, 0.15) is 0 Å². The highest BCUT2D eigenvalue weighted by Crippen LogP contribution is 2.35. The average molecular weight is 348 g/mol. The van der Waals surface area contributed by atoms with Crippen LogP contribution in [0.15, 0.2) is 43.1 Å². The van der Waals surface area contributed by atoms with Gasteiger partial charge in [-0.3, -0.25) is 0 Å². The van der Waals surface area contributed by atoms with E-state index < -0.39 is 0 Å². The van der Waals surface area contributed by atoms with Crippen molar-refractivity contribution in [2.75, 3.05) is 17.4 Å². The second-order valence-corrected chi connectivity index (χ2v) is 5.41. The molecule has 1 aromatic carbocycles. The number of imidazole rings is 1. The molecule has 10 heteroatoms. The number of aromatic nitrogens is 6. The molecule has 4 heterocycles. The molecule has 0 radical (unpaired) electrons. The van der Waals surface area contributed by atoms with Crippen molar-refractivity contribution < 1.29 is 9.47 Å². The van der Waals surface area contributed by atoms with E-state index >= 15 is 0 Å². The van der Waals surface area contributed by atoms with Gasteiger partial charge < -0.3 is 25.1 Å². The normalized spacial score (nSPS) is 12.3. The van der Waals surface area contributed by atoms with Crippen LogP contribution in [0.25, 0.3) is 11.2 Å². The van der Waals surface area contributed by atoms with Gasteiger partial charge in [-0.05, 0) is 18.2 Å². The number of nitrogens with one attached hydrogen (secondary N) is 3. The van der Waals surface area contributed by atoms with Gasteiger partial charge in [0, 0.05) is 18.0 Å². The molecule has 3 N–H and O–H groups in total. The van der Waals surface area contributed by atoms with Gasteiger partial charge in [-0.2, -0.15) is 9.97 Å². The van der Waals surface area contributed by atoms with E-state index in [1.165, 1.54) is 6.33 Å². The van der Waals surface area contributed by atoms with E-state index in [2.05, 4.69) is 40.5 Å². The van der Waals surface area contributed by atoms with Crippen molar-refractivity contribution in [1.82, 2.24) is 29.9 Å². The first-order valence-electron chi connectivity index (χ1n) is 7.76. The van der Waals surface area contributed by atoms with E-state index in [9.17, 15) is 0 Å². The zero-order valence-electron chi connectivity index (χ0n) is 13.3. The van der Waals surface area contributed by atoms with Crippen LogP contribution < -0.4 is 20.1 Å². The minimum absolute atomic E-state index is 0.226. The summed E-state index contributed by atoms with van der Waals surface area (Å²) in [5.74, 6) is 2.93. The summed E-state index contributed by atoms with van der Waals surface area (Å²) in [6, 6.07) is 7.30. The van der Waals surface area contributed by atoms with Crippen molar-refractivity contribution in [1.29, 1.82) is 0 Å². The second kappa shape index (κ2) is 5.84. The topological polar surface area (TPSA) is 123 Å². The molecule has 0 fully saturated rings. The number of rotatable bonds is 4. The van der Waals surface area contributed by atoms with Gasteiger partial charge in [0.1, 0.15) is 17.7 Å². The fourth-order valence-electron chi connectivity index (χ4n) is 2.57. The lowest BCUT2D eigenvalue weighted by Gasteiger charge is -2.09. The zero-order chi connectivity index (χ0) is 17.3. The van der Waals surface area contributed by atoms with Gasteiger partial charge in [0.05, 0.1) is 6.33 Å². The molecule has 0 amide bonds. The van der Waals surface area contributed by atoms with Crippen LogP contribution in [0, 0.1) is 0 Å². The molecule has 1 aliphatic heterocycles. The van der Waals surface area contributed by atoms with Gasteiger partial charge in [0.2, 0.25) is 12.7 Å². The van der Waals surface area contributed by atoms with Crippen LogP contribution in [0.3, 0.4) is 0 Å². The standard InChI is InChI=1S/C16H12N8O2/c1-2-10-11(26-8-25-10)5-9(1)21-15-13-14(20-7-19-13)23-16(24-15)22-12-3-4-17-6-18-12/h1-7H,8H2,(H3,17,18,19,20,21,22,23,24). The molecule has 3 aromatic heterocycles. The first-order valence-corrected chi connectivity index (χ1v) is 7.76. The Morgan fingerprint density at radius 3 is 2.88 bits per heavy atom. The maximum atomic E-state index is 5.41. The SMILES string of the molecule is c1cc(Nc2nc(Nc3ccc4c(c3)OCO4)c3[nH]cnc3n2)ncn1. The lowest BCUT2D eigenvalue weighted by Crippen LogP contribution is -2.03. The van der Waals surface area contributed by atoms with E-state index in [1.54, 1.807) is 18.6 Å². The Bertz CT molecular complexity index is 1080. The first-order chi connectivity index (χ1) is 12.8. The molecule has 0 aliphatic carbocycles. The van der Waals surface area contributed by atoms with Crippen LogP contribution in [-0.2, 0) is 0 Å². The molecule has 1 aliphatic rings. The Morgan fingerprint density at radius 1 is 1.00 bits per heavy atom. The summed E-state index contributed by atoms with van der Waals surface area (Å²) >= 11 is 0. The number of hydrogen-bond donors (Lipinski definition) is 3. The van der Waals surface area contributed by atoms with E-state index in [4.69, 9.17) is 9.47 Å². The van der Waals surface area contributed by atoms with Gasteiger partial charge in [0.15, 0.2) is 23.0 Å². The van der Waals surface area contributed by atoms with Crippen LogP contribution in [0.4, 0.5) is 23.3 Å². The van der Waals surface area contributed by atoms with E-state index in [1.807, 2.05) is 18.2 Å². The van der Waals surface area contributed by atoms with Crippen molar-refractivity contribution >= 4 is 34.4 Å². The molecule has 0 saturated carbocycles. The molecular formula is C16H12N8O2. The van der Waals surface area contributed by atoms with Crippen molar-refractivity contribution in [3.05, 3.63) is 43.1 Å². The van der Waals surface area contributed by atoms with Crippen LogP contribution in [0.2, 0.25) is 0 Å². The summed E-state index contributed by atoms with van der Waals surface area (Å²) in [5.41, 5.74) is 2.02. The smallest absolute Gasteiger partial charge is 0.232 e. The third-order valence-electron chi connectivity index (χ3n) is 3.74. The lowest BCUT2D eigenvalue weighted by molar-refractivity contribution is 0.174. The number of fused-ring (bicyclic) bond motifs is 2. The van der Waals surface area contributed by atoms with Crippen molar-refractivity contribution in [2.24, 2.45) is 0 Å². The van der Waals surface area contributed by atoms with Crippen LogP contribution >= 0.6 is 0 Å². The Balaban J connectivity index is 1.51. The quantitative estimate of drug-likeness (QED) is 0.510. The molecule has 10 nitrogen and oxygen atoms in total. The molecule has 0 spiro atoms. The fraction of sp³-hybridized carbons (Fsp3) is 0.0625. The average Bonchev–Trinajstić information content (AvgIpc) is 3.31. The minimum Gasteiger partial charge on any atom is -0.454 e. The third kappa shape index (κ3) is 2.59. The summed E-state index contributed by atoms with van der Waals surface area (Å²) in [6.07, 6.45) is 4.65. The van der Waals surface area contributed by atoms with Gasteiger partial charge in [-0.25, -0.2) is 15.0 Å². The van der Waals surface area contributed by atoms with Crippen molar-refractivity contribution in [3.63, 3.8) is 0 Å². The van der Waals surface area contributed by atoms with Crippen LogP contribution in [0.5, 0.6) is 11.5 Å². The monoisotopic (exact) mass is 348 g/mol. The number of aromatic amines is 1. The number of anilines is 4. The Kier molecular flexibility index (Phi) is 3.24. The summed E-state index contributed by atoms with van der Waals surface area (Å²) in [7, 11) is 0. The molecule has 128 valence electrons. The molecule has 0 atom stereocenters. The minimum atomic E-state index is 0.226. The highest BCUT2D eigenvalue weighted by atomic mass is 16.7. The molecule has 26 heavy (non-hydrogen) atoms. The van der Waals surface area contributed by atoms with Crippen LogP contribution in [-0.4, -0.2) is 36.7 Å². The Hall–Kier alpha value is -3.95. The summed E-state index contributed by atoms with van der Waals surface area (Å²) in [4.78, 5) is 24.2. The first kappa shape index (κ1) is 14.4. The van der Waals surface area contributed by atoms with Crippen molar-refractivity contribution in [2.45, 2.75) is 0 Å². The number of nitrogens with zero attached hydrogens (tertiary/aromatic N) is 5. The number of hydrogen-bond acceptors (Lipinski definition) is 9. The number of ether oxygens (including phenoxy) is 2. The zero-order valence-corrected chi connectivity index (χ0v) is 13.3. The summed E-state index contributed by atoms with van der Waals surface area (Å²) in [5, 5.41) is 6.30. The molecule has 5 rings (SSSR count). The molecule has 0 unspecified atom stereocenters. The maximum absolute atomic E-state index is 5.41. The van der Waals surface area contributed by atoms with Crippen molar-refractivity contribution in [3.8, 4) is 11.5 Å². The van der Waals surface area contributed by atoms with Gasteiger partial charge in [-0.15, -0.1) is 0 Å². The third-order valence-corrected chi connectivity index (χ3v) is 3.74. The van der Waals surface area contributed by atoms with E-state index in [0.29, 0.717) is 34.5 Å². The number of benzene rings is 1. The Morgan fingerprint density at radius 2 is 1.96 bits per heavy atom. The largest absolute Gasteiger partial charge is 0.454 e. The van der Waals surface area contributed by atoms with E-state index in [-0.39, 0.29) is 6.79 Å². The number of H-pyrrole nitrogens is 1. The molecular weight excluding hydrogens is 336 g/mol. The van der Waals surface area contributed by atoms with E-state index in [0.717, 1.165) is 11.4 Å². The van der Waals surface area contributed by atoms with Gasteiger partial charge >= 0.3 is 0 Å².